The van der Waals surface area contributed by atoms with Crippen LogP contribution in [0.3, 0.4) is 0 Å². The second-order valence-electron chi connectivity index (χ2n) is 4.94. The Kier molecular flexibility index (Phi) is 4.43. The Hall–Kier alpha value is -3.33. The van der Waals surface area contributed by atoms with Crippen LogP contribution in [0.25, 0.3) is 11.1 Å². The number of nitriles is 1. The summed E-state index contributed by atoms with van der Waals surface area (Å²) in [7, 11) is 0. The van der Waals surface area contributed by atoms with Crippen LogP contribution in [0.5, 0.6) is 5.75 Å². The molecular formula is C18H14N2O4. The molecule has 120 valence electrons. The van der Waals surface area contributed by atoms with Crippen molar-refractivity contribution in [1.29, 1.82) is 5.26 Å². The number of fused-ring (bicyclic) bond motifs is 1. The van der Waals surface area contributed by atoms with Crippen molar-refractivity contribution in [2.75, 3.05) is 6.61 Å². The maximum atomic E-state index is 11.6. The topological polar surface area (TPSA) is 85.4 Å². The quantitative estimate of drug-likeness (QED) is 0.669. The summed E-state index contributed by atoms with van der Waals surface area (Å²) in [5.41, 5.74) is 2.21. The normalized spacial score (nSPS) is 10.3. The summed E-state index contributed by atoms with van der Waals surface area (Å²) < 4.78 is 16.1. The zero-order valence-corrected chi connectivity index (χ0v) is 13.0. The first-order valence-corrected chi connectivity index (χ1v) is 7.39. The number of aromatic nitrogens is 1. The second-order valence-corrected chi connectivity index (χ2v) is 4.94. The van der Waals surface area contributed by atoms with E-state index in [0.29, 0.717) is 40.5 Å². The van der Waals surface area contributed by atoms with Crippen molar-refractivity contribution < 1.29 is 18.7 Å². The van der Waals surface area contributed by atoms with Crippen molar-refractivity contribution in [3.63, 3.8) is 0 Å². The van der Waals surface area contributed by atoms with Crippen molar-refractivity contribution >= 4 is 17.1 Å². The third-order valence-electron chi connectivity index (χ3n) is 3.29. The predicted molar refractivity (Wildman–Crippen MR) is 85.5 cm³/mol. The fraction of sp³-hybridized carbons (Fsp3) is 0.167. The van der Waals surface area contributed by atoms with Gasteiger partial charge in [0.25, 0.3) is 0 Å². The molecule has 2 aromatic carbocycles. The van der Waals surface area contributed by atoms with Crippen LogP contribution in [0, 0.1) is 11.3 Å². The minimum atomic E-state index is -0.365. The van der Waals surface area contributed by atoms with Gasteiger partial charge in [0, 0.05) is 0 Å². The highest BCUT2D eigenvalue weighted by Gasteiger charge is 2.09. The van der Waals surface area contributed by atoms with Gasteiger partial charge in [-0.15, -0.1) is 0 Å². The summed E-state index contributed by atoms with van der Waals surface area (Å²) in [6.07, 6.45) is 0. The Morgan fingerprint density at radius 2 is 2.04 bits per heavy atom. The third kappa shape index (κ3) is 3.36. The number of hydrogen-bond acceptors (Lipinski definition) is 6. The lowest BCUT2D eigenvalue weighted by Gasteiger charge is -2.05. The molecule has 0 spiro atoms. The van der Waals surface area contributed by atoms with Crippen LogP contribution in [0.15, 0.2) is 46.9 Å². The minimum absolute atomic E-state index is 0.148. The molecule has 0 aliphatic rings. The zero-order valence-electron chi connectivity index (χ0n) is 13.0. The SMILES string of the molecule is CCOC(=O)c1ccc(OCc2nc3cc(C#N)ccc3o2)cc1. The molecule has 0 bridgehead atoms. The molecule has 3 rings (SSSR count). The number of hydrogen-bond donors (Lipinski definition) is 0. The molecule has 0 atom stereocenters. The summed E-state index contributed by atoms with van der Waals surface area (Å²) in [5.74, 6) is 0.633. The number of nitrogens with zero attached hydrogens (tertiary/aromatic N) is 2. The van der Waals surface area contributed by atoms with Crippen molar-refractivity contribution in [1.82, 2.24) is 4.98 Å². The van der Waals surface area contributed by atoms with Crippen LogP contribution in [0.1, 0.15) is 28.7 Å². The number of carbonyl (C=O) groups excluding carboxylic acids is 1. The van der Waals surface area contributed by atoms with E-state index in [9.17, 15) is 4.79 Å². The molecule has 0 fully saturated rings. The molecule has 0 saturated carbocycles. The number of carbonyl (C=O) groups is 1. The van der Waals surface area contributed by atoms with Crippen molar-refractivity contribution in [3.05, 3.63) is 59.5 Å². The standard InChI is InChI=1S/C18H14N2O4/c1-2-22-18(21)13-4-6-14(7-5-13)23-11-17-20-15-9-12(10-19)3-8-16(15)24-17/h3-9H,2,11H2,1H3. The lowest BCUT2D eigenvalue weighted by Crippen LogP contribution is -2.04. The van der Waals surface area contributed by atoms with Gasteiger partial charge >= 0.3 is 5.97 Å². The van der Waals surface area contributed by atoms with E-state index in [4.69, 9.17) is 19.2 Å². The van der Waals surface area contributed by atoms with Gasteiger partial charge in [-0.2, -0.15) is 5.26 Å². The molecule has 0 amide bonds. The average Bonchev–Trinajstić information content (AvgIpc) is 3.02. The van der Waals surface area contributed by atoms with Crippen molar-refractivity contribution in [2.24, 2.45) is 0 Å². The summed E-state index contributed by atoms with van der Waals surface area (Å²) in [6.45, 7) is 2.24. The molecule has 0 aliphatic heterocycles. The molecule has 0 unspecified atom stereocenters. The lowest BCUT2D eigenvalue weighted by atomic mass is 10.2. The molecule has 0 saturated heterocycles. The van der Waals surface area contributed by atoms with Gasteiger partial charge in [-0.25, -0.2) is 9.78 Å². The first-order chi connectivity index (χ1) is 11.7. The second kappa shape index (κ2) is 6.84. The van der Waals surface area contributed by atoms with Gasteiger partial charge in [-0.05, 0) is 49.4 Å². The molecule has 0 N–H and O–H groups in total. The van der Waals surface area contributed by atoms with Crippen LogP contribution >= 0.6 is 0 Å². The van der Waals surface area contributed by atoms with E-state index < -0.39 is 0 Å². The summed E-state index contributed by atoms with van der Waals surface area (Å²) >= 11 is 0. The number of oxazole rings is 1. The number of rotatable bonds is 5. The van der Waals surface area contributed by atoms with E-state index in [2.05, 4.69) is 11.1 Å². The Morgan fingerprint density at radius 3 is 2.75 bits per heavy atom. The molecule has 0 aliphatic carbocycles. The van der Waals surface area contributed by atoms with Gasteiger partial charge in [-0.3, -0.25) is 0 Å². The van der Waals surface area contributed by atoms with Crippen molar-refractivity contribution in [3.8, 4) is 11.8 Å². The van der Waals surface area contributed by atoms with Crippen LogP contribution in [0.2, 0.25) is 0 Å². The lowest BCUT2D eigenvalue weighted by molar-refractivity contribution is 0.0526. The highest BCUT2D eigenvalue weighted by Crippen LogP contribution is 2.19. The Labute approximate surface area is 138 Å². The summed E-state index contributed by atoms with van der Waals surface area (Å²) in [6, 6.07) is 13.7. The molecule has 6 nitrogen and oxygen atoms in total. The average molecular weight is 322 g/mol. The van der Waals surface area contributed by atoms with Crippen LogP contribution < -0.4 is 4.74 Å². The fourth-order valence-electron chi connectivity index (χ4n) is 2.15. The highest BCUT2D eigenvalue weighted by molar-refractivity contribution is 5.89. The number of ether oxygens (including phenoxy) is 2. The Morgan fingerprint density at radius 1 is 1.25 bits per heavy atom. The van der Waals surface area contributed by atoms with Gasteiger partial charge < -0.3 is 13.9 Å². The Bertz CT molecular complexity index is 907. The molecule has 24 heavy (non-hydrogen) atoms. The van der Waals surface area contributed by atoms with Gasteiger partial charge in [-0.1, -0.05) is 0 Å². The van der Waals surface area contributed by atoms with E-state index in [-0.39, 0.29) is 12.6 Å². The zero-order chi connectivity index (χ0) is 16.9. The molecule has 3 aromatic rings. The monoisotopic (exact) mass is 322 g/mol. The summed E-state index contributed by atoms with van der Waals surface area (Å²) in [5, 5.41) is 8.88. The van der Waals surface area contributed by atoms with Crippen molar-refractivity contribution in [2.45, 2.75) is 13.5 Å². The van der Waals surface area contributed by atoms with E-state index in [0.717, 1.165) is 0 Å². The molecular weight excluding hydrogens is 308 g/mol. The van der Waals surface area contributed by atoms with E-state index >= 15 is 0 Å². The third-order valence-corrected chi connectivity index (χ3v) is 3.29. The smallest absolute Gasteiger partial charge is 0.338 e. The first kappa shape index (κ1) is 15.6. The van der Waals surface area contributed by atoms with Crippen LogP contribution in [-0.2, 0) is 11.3 Å². The van der Waals surface area contributed by atoms with Gasteiger partial charge in [0.2, 0.25) is 5.89 Å². The van der Waals surface area contributed by atoms with Crippen LogP contribution in [0.4, 0.5) is 0 Å². The van der Waals surface area contributed by atoms with Gasteiger partial charge in [0.1, 0.15) is 11.3 Å². The fourth-order valence-corrected chi connectivity index (χ4v) is 2.15. The number of esters is 1. The summed E-state index contributed by atoms with van der Waals surface area (Å²) in [4.78, 5) is 15.9. The largest absolute Gasteiger partial charge is 0.484 e. The van der Waals surface area contributed by atoms with E-state index in [1.54, 1.807) is 49.4 Å². The predicted octanol–water partition coefficient (Wildman–Crippen LogP) is 3.46. The maximum Gasteiger partial charge on any atom is 0.338 e. The minimum Gasteiger partial charge on any atom is -0.484 e. The van der Waals surface area contributed by atoms with E-state index in [1.165, 1.54) is 0 Å². The maximum absolute atomic E-state index is 11.6. The number of benzene rings is 2. The molecule has 1 heterocycles. The molecule has 0 radical (unpaired) electrons. The van der Waals surface area contributed by atoms with E-state index in [1.807, 2.05) is 0 Å². The molecule has 1 aromatic heterocycles. The van der Waals surface area contributed by atoms with Gasteiger partial charge in [0.15, 0.2) is 12.2 Å². The van der Waals surface area contributed by atoms with Crippen LogP contribution in [-0.4, -0.2) is 17.6 Å². The Balaban J connectivity index is 1.67. The van der Waals surface area contributed by atoms with Gasteiger partial charge in [0.05, 0.1) is 23.8 Å². The highest BCUT2D eigenvalue weighted by atomic mass is 16.5. The molecule has 6 heteroatoms. The first-order valence-electron chi connectivity index (χ1n) is 7.39.